The number of hydrogen-bond donors (Lipinski definition) is 1. The Kier molecular flexibility index (Phi) is 3.93. The average molecular weight is 255 g/mol. The fraction of sp³-hybridized carbons (Fsp3) is 0.0667. The Balaban J connectivity index is 2.20. The Labute approximate surface area is 111 Å². The van der Waals surface area contributed by atoms with E-state index in [4.69, 9.17) is 4.74 Å². The smallest absolute Gasteiger partial charge is 0.189 e. The van der Waals surface area contributed by atoms with E-state index in [9.17, 15) is 9.90 Å². The second-order valence-corrected chi connectivity index (χ2v) is 3.86. The van der Waals surface area contributed by atoms with Crippen LogP contribution >= 0.6 is 0 Å². The minimum Gasteiger partial charge on any atom is -0.507 e. The molecule has 0 amide bonds. The molecule has 0 spiro atoms. The molecule has 2 rings (SSSR count). The number of aliphatic hydroxyl groups excluding tert-OH is 1. The van der Waals surface area contributed by atoms with Crippen LogP contribution in [0.2, 0.25) is 0 Å². The Morgan fingerprint density at radius 1 is 1.21 bits per heavy atom. The van der Waals surface area contributed by atoms with Crippen LogP contribution in [0.1, 0.15) is 15.9 Å². The van der Waals surface area contributed by atoms with Crippen molar-refractivity contribution in [1.82, 2.24) is 4.98 Å². The number of rotatable bonds is 4. The van der Waals surface area contributed by atoms with Gasteiger partial charge in [0, 0.05) is 29.6 Å². The fourth-order valence-corrected chi connectivity index (χ4v) is 1.56. The van der Waals surface area contributed by atoms with Crippen LogP contribution in [0.15, 0.2) is 54.9 Å². The van der Waals surface area contributed by atoms with E-state index >= 15 is 0 Å². The summed E-state index contributed by atoms with van der Waals surface area (Å²) < 4.78 is 5.01. The first-order valence-corrected chi connectivity index (χ1v) is 5.70. The summed E-state index contributed by atoms with van der Waals surface area (Å²) in [6.45, 7) is 0. The van der Waals surface area contributed by atoms with Crippen molar-refractivity contribution in [2.24, 2.45) is 0 Å². The van der Waals surface area contributed by atoms with Crippen molar-refractivity contribution in [2.75, 3.05) is 7.11 Å². The molecule has 1 heterocycles. The van der Waals surface area contributed by atoms with Gasteiger partial charge in [-0.2, -0.15) is 0 Å². The summed E-state index contributed by atoms with van der Waals surface area (Å²) in [6.07, 6.45) is 4.27. The number of ether oxygens (including phenoxy) is 1. The molecule has 0 aliphatic rings. The minimum absolute atomic E-state index is 0.103. The molecule has 0 fully saturated rings. The second kappa shape index (κ2) is 5.82. The maximum Gasteiger partial charge on any atom is 0.189 e. The zero-order valence-electron chi connectivity index (χ0n) is 10.4. The van der Waals surface area contributed by atoms with Crippen LogP contribution in [0.5, 0.6) is 5.75 Å². The lowest BCUT2D eigenvalue weighted by Crippen LogP contribution is -1.97. The molecular weight excluding hydrogens is 242 g/mol. The van der Waals surface area contributed by atoms with Crippen molar-refractivity contribution in [1.29, 1.82) is 0 Å². The quantitative estimate of drug-likeness (QED) is 0.518. The monoisotopic (exact) mass is 255 g/mol. The first-order chi connectivity index (χ1) is 9.20. The predicted molar refractivity (Wildman–Crippen MR) is 72.2 cm³/mol. The van der Waals surface area contributed by atoms with Crippen LogP contribution in [0.25, 0.3) is 5.76 Å². The molecule has 0 aliphatic heterocycles. The predicted octanol–water partition coefficient (Wildman–Crippen LogP) is 2.87. The van der Waals surface area contributed by atoms with Gasteiger partial charge in [-0.1, -0.05) is 0 Å². The standard InChI is InChI=1S/C15H13NO3/c1-19-13-6-4-11(5-7-13)14(17)9-15(18)12-3-2-8-16-10-12/h2-10,18H,1H3. The summed E-state index contributed by atoms with van der Waals surface area (Å²) in [5.74, 6) is 0.301. The number of nitrogens with zero attached hydrogens (tertiary/aromatic N) is 1. The summed E-state index contributed by atoms with van der Waals surface area (Å²) in [5, 5.41) is 9.83. The van der Waals surface area contributed by atoms with E-state index in [0.29, 0.717) is 16.9 Å². The van der Waals surface area contributed by atoms with E-state index in [0.717, 1.165) is 0 Å². The Morgan fingerprint density at radius 2 is 1.95 bits per heavy atom. The topological polar surface area (TPSA) is 59.4 Å². The van der Waals surface area contributed by atoms with E-state index in [1.54, 1.807) is 49.7 Å². The molecule has 0 unspecified atom stereocenters. The number of carbonyl (C=O) groups is 1. The third-order valence-electron chi connectivity index (χ3n) is 2.60. The number of benzene rings is 1. The maximum atomic E-state index is 11.9. The van der Waals surface area contributed by atoms with Gasteiger partial charge in [0.25, 0.3) is 0 Å². The SMILES string of the molecule is COc1ccc(C(=O)C=C(O)c2cccnc2)cc1. The zero-order valence-corrected chi connectivity index (χ0v) is 10.4. The molecule has 0 saturated heterocycles. The molecule has 19 heavy (non-hydrogen) atoms. The third kappa shape index (κ3) is 3.19. The van der Waals surface area contributed by atoms with Gasteiger partial charge >= 0.3 is 0 Å². The van der Waals surface area contributed by atoms with Crippen LogP contribution in [0.3, 0.4) is 0 Å². The van der Waals surface area contributed by atoms with Crippen molar-refractivity contribution >= 4 is 11.5 Å². The van der Waals surface area contributed by atoms with Crippen LogP contribution in [-0.4, -0.2) is 23.0 Å². The van der Waals surface area contributed by atoms with Crippen LogP contribution in [0.4, 0.5) is 0 Å². The van der Waals surface area contributed by atoms with Crippen LogP contribution in [0, 0.1) is 0 Å². The Bertz CT molecular complexity index is 589. The maximum absolute atomic E-state index is 11.9. The molecule has 1 N–H and O–H groups in total. The number of hydrogen-bond acceptors (Lipinski definition) is 4. The molecule has 1 aromatic heterocycles. The van der Waals surface area contributed by atoms with Crippen molar-refractivity contribution in [2.45, 2.75) is 0 Å². The van der Waals surface area contributed by atoms with Crippen molar-refractivity contribution in [3.8, 4) is 5.75 Å². The Morgan fingerprint density at radius 3 is 2.53 bits per heavy atom. The fourth-order valence-electron chi connectivity index (χ4n) is 1.56. The van der Waals surface area contributed by atoms with Gasteiger partial charge in [0.15, 0.2) is 5.78 Å². The van der Waals surface area contributed by atoms with Crippen molar-refractivity contribution in [3.05, 3.63) is 66.0 Å². The summed E-state index contributed by atoms with van der Waals surface area (Å²) in [4.78, 5) is 15.8. The van der Waals surface area contributed by atoms with E-state index < -0.39 is 0 Å². The molecule has 96 valence electrons. The normalized spacial score (nSPS) is 11.1. The zero-order chi connectivity index (χ0) is 13.7. The number of methoxy groups -OCH3 is 1. The van der Waals surface area contributed by atoms with Gasteiger partial charge in [0.1, 0.15) is 11.5 Å². The largest absolute Gasteiger partial charge is 0.507 e. The number of ketones is 1. The first kappa shape index (κ1) is 12.8. The number of aliphatic hydroxyl groups is 1. The summed E-state index contributed by atoms with van der Waals surface area (Å²) >= 11 is 0. The van der Waals surface area contributed by atoms with Crippen LogP contribution in [-0.2, 0) is 0 Å². The minimum atomic E-state index is -0.274. The molecular formula is C15H13NO3. The highest BCUT2D eigenvalue weighted by molar-refractivity contribution is 6.07. The second-order valence-electron chi connectivity index (χ2n) is 3.86. The molecule has 0 aliphatic carbocycles. The molecule has 0 saturated carbocycles. The van der Waals surface area contributed by atoms with Crippen molar-refractivity contribution in [3.63, 3.8) is 0 Å². The van der Waals surface area contributed by atoms with Gasteiger partial charge in [-0.3, -0.25) is 9.78 Å². The molecule has 0 bridgehead atoms. The Hall–Kier alpha value is -2.62. The van der Waals surface area contributed by atoms with E-state index in [-0.39, 0.29) is 11.5 Å². The molecule has 1 aromatic carbocycles. The van der Waals surface area contributed by atoms with Gasteiger partial charge in [-0.15, -0.1) is 0 Å². The van der Waals surface area contributed by atoms with Crippen molar-refractivity contribution < 1.29 is 14.6 Å². The number of carbonyl (C=O) groups excluding carboxylic acids is 1. The molecule has 0 radical (unpaired) electrons. The van der Waals surface area contributed by atoms with Gasteiger partial charge in [0.2, 0.25) is 0 Å². The third-order valence-corrected chi connectivity index (χ3v) is 2.60. The summed E-state index contributed by atoms with van der Waals surface area (Å²) in [5.41, 5.74) is 0.987. The average Bonchev–Trinajstić information content (AvgIpc) is 2.48. The number of allylic oxidation sites excluding steroid dienone is 1. The van der Waals surface area contributed by atoms with Gasteiger partial charge in [-0.05, 0) is 36.4 Å². The van der Waals surface area contributed by atoms with Crippen LogP contribution < -0.4 is 4.74 Å². The van der Waals surface area contributed by atoms with E-state index in [2.05, 4.69) is 4.98 Å². The molecule has 0 atom stereocenters. The van der Waals surface area contributed by atoms with E-state index in [1.165, 1.54) is 12.3 Å². The van der Waals surface area contributed by atoms with Gasteiger partial charge < -0.3 is 9.84 Å². The molecule has 4 nitrogen and oxygen atoms in total. The lowest BCUT2D eigenvalue weighted by molar-refractivity contribution is 0.104. The lowest BCUT2D eigenvalue weighted by Gasteiger charge is -2.01. The summed E-state index contributed by atoms with van der Waals surface area (Å²) in [6, 6.07) is 10.1. The first-order valence-electron chi connectivity index (χ1n) is 5.70. The highest BCUT2D eigenvalue weighted by Gasteiger charge is 2.06. The molecule has 2 aromatic rings. The van der Waals surface area contributed by atoms with Gasteiger partial charge in [0.05, 0.1) is 7.11 Å². The molecule has 4 heteroatoms. The summed E-state index contributed by atoms with van der Waals surface area (Å²) in [7, 11) is 1.56. The highest BCUT2D eigenvalue weighted by Crippen LogP contribution is 2.14. The lowest BCUT2D eigenvalue weighted by atomic mass is 10.1. The van der Waals surface area contributed by atoms with E-state index in [1.807, 2.05) is 0 Å². The highest BCUT2D eigenvalue weighted by atomic mass is 16.5. The number of pyridine rings is 1. The van der Waals surface area contributed by atoms with Gasteiger partial charge in [-0.25, -0.2) is 0 Å². The number of aromatic nitrogens is 1.